The molecule has 4 rings (SSSR count). The molecule has 0 unspecified atom stereocenters. The SMILES string of the molecule is COc1ccc(-c2cs/c(=N\N=C3\C(=O)Nc4ccc(Cl)cc43)n2C)cc1. The van der Waals surface area contributed by atoms with E-state index < -0.39 is 0 Å². The van der Waals surface area contributed by atoms with E-state index in [0.717, 1.165) is 17.0 Å². The predicted molar refractivity (Wildman–Crippen MR) is 107 cm³/mol. The Morgan fingerprint density at radius 3 is 2.67 bits per heavy atom. The third-order valence-corrected chi connectivity index (χ3v) is 5.39. The van der Waals surface area contributed by atoms with Crippen LogP contribution in [-0.4, -0.2) is 23.3 Å². The second-order valence-corrected chi connectivity index (χ2v) is 7.16. The lowest BCUT2D eigenvalue weighted by Gasteiger charge is -2.04. The van der Waals surface area contributed by atoms with E-state index in [-0.39, 0.29) is 11.6 Å². The molecule has 1 amide bonds. The van der Waals surface area contributed by atoms with Crippen LogP contribution in [0.1, 0.15) is 5.56 Å². The molecule has 6 nitrogen and oxygen atoms in total. The van der Waals surface area contributed by atoms with Crippen molar-refractivity contribution in [1.82, 2.24) is 4.57 Å². The summed E-state index contributed by atoms with van der Waals surface area (Å²) in [6, 6.07) is 13.0. The van der Waals surface area contributed by atoms with E-state index in [2.05, 4.69) is 15.5 Å². The number of aromatic nitrogens is 1. The second-order valence-electron chi connectivity index (χ2n) is 5.88. The van der Waals surface area contributed by atoms with Crippen molar-refractivity contribution in [2.75, 3.05) is 12.4 Å². The number of amides is 1. The van der Waals surface area contributed by atoms with Crippen LogP contribution < -0.4 is 14.9 Å². The molecule has 1 aliphatic rings. The van der Waals surface area contributed by atoms with Gasteiger partial charge in [-0.3, -0.25) is 4.79 Å². The molecule has 1 aromatic heterocycles. The van der Waals surface area contributed by atoms with Gasteiger partial charge in [-0.05, 0) is 48.0 Å². The number of hydrogen-bond acceptors (Lipinski definition) is 5. The zero-order chi connectivity index (χ0) is 19.0. The minimum atomic E-state index is -0.286. The van der Waals surface area contributed by atoms with Crippen molar-refractivity contribution in [2.45, 2.75) is 0 Å². The molecule has 0 fully saturated rings. The molecule has 8 heteroatoms. The van der Waals surface area contributed by atoms with E-state index >= 15 is 0 Å². The fraction of sp³-hybridized carbons (Fsp3) is 0.105. The van der Waals surface area contributed by atoms with Gasteiger partial charge >= 0.3 is 0 Å². The molecule has 3 aromatic rings. The maximum absolute atomic E-state index is 12.2. The van der Waals surface area contributed by atoms with Crippen LogP contribution in [0.5, 0.6) is 5.75 Å². The van der Waals surface area contributed by atoms with Crippen molar-refractivity contribution in [3.63, 3.8) is 0 Å². The van der Waals surface area contributed by atoms with E-state index in [0.29, 0.717) is 21.1 Å². The summed E-state index contributed by atoms with van der Waals surface area (Å²) in [7, 11) is 3.55. The smallest absolute Gasteiger partial charge is 0.276 e. The molecule has 0 radical (unpaired) electrons. The first-order valence-electron chi connectivity index (χ1n) is 8.09. The zero-order valence-corrected chi connectivity index (χ0v) is 16.1. The van der Waals surface area contributed by atoms with Gasteiger partial charge in [-0.15, -0.1) is 21.5 Å². The number of ether oxygens (including phenoxy) is 1. The molecule has 136 valence electrons. The molecular weight excluding hydrogens is 384 g/mol. The Morgan fingerprint density at radius 1 is 1.15 bits per heavy atom. The number of thiazole rings is 1. The molecular formula is C19H15ClN4O2S. The lowest BCUT2D eigenvalue weighted by atomic mass is 10.1. The fourth-order valence-corrected chi connectivity index (χ4v) is 3.83. The van der Waals surface area contributed by atoms with Gasteiger partial charge in [-0.2, -0.15) is 0 Å². The number of anilines is 1. The highest BCUT2D eigenvalue weighted by molar-refractivity contribution is 7.07. The minimum Gasteiger partial charge on any atom is -0.497 e. The Balaban J connectivity index is 1.72. The lowest BCUT2D eigenvalue weighted by molar-refractivity contribution is -0.110. The molecule has 27 heavy (non-hydrogen) atoms. The average molecular weight is 399 g/mol. The summed E-state index contributed by atoms with van der Waals surface area (Å²) < 4.78 is 7.13. The molecule has 0 atom stereocenters. The number of carbonyl (C=O) groups is 1. The highest BCUT2D eigenvalue weighted by atomic mass is 35.5. The maximum atomic E-state index is 12.2. The molecule has 1 aliphatic heterocycles. The molecule has 0 spiro atoms. The number of halogens is 1. The predicted octanol–water partition coefficient (Wildman–Crippen LogP) is 3.67. The van der Waals surface area contributed by atoms with E-state index in [9.17, 15) is 4.79 Å². The third-order valence-electron chi connectivity index (χ3n) is 4.25. The van der Waals surface area contributed by atoms with Gasteiger partial charge < -0.3 is 14.6 Å². The van der Waals surface area contributed by atoms with Gasteiger partial charge in [0.15, 0.2) is 5.71 Å². The summed E-state index contributed by atoms with van der Waals surface area (Å²) in [6.07, 6.45) is 0. The minimum absolute atomic E-state index is 0.256. The Bertz CT molecular complexity index is 1130. The summed E-state index contributed by atoms with van der Waals surface area (Å²) in [5.74, 6) is 0.517. The molecule has 0 saturated carbocycles. The summed E-state index contributed by atoms with van der Waals surface area (Å²) >= 11 is 7.49. The summed E-state index contributed by atoms with van der Waals surface area (Å²) in [4.78, 5) is 12.9. The Labute approximate surface area is 164 Å². The van der Waals surface area contributed by atoms with Crippen LogP contribution in [0.3, 0.4) is 0 Å². The molecule has 0 aliphatic carbocycles. The van der Waals surface area contributed by atoms with Crippen LogP contribution in [-0.2, 0) is 11.8 Å². The summed E-state index contributed by atoms with van der Waals surface area (Å²) in [5, 5.41) is 13.8. The zero-order valence-electron chi connectivity index (χ0n) is 14.6. The van der Waals surface area contributed by atoms with Crippen molar-refractivity contribution in [1.29, 1.82) is 0 Å². The second kappa shape index (κ2) is 7.02. The quantitative estimate of drug-likeness (QED) is 0.684. The number of rotatable bonds is 3. The number of methoxy groups -OCH3 is 1. The number of nitrogens with one attached hydrogen (secondary N) is 1. The van der Waals surface area contributed by atoms with Gasteiger partial charge in [-0.1, -0.05) is 11.6 Å². The van der Waals surface area contributed by atoms with E-state index in [1.165, 1.54) is 11.3 Å². The highest BCUT2D eigenvalue weighted by Gasteiger charge is 2.26. The van der Waals surface area contributed by atoms with Crippen molar-refractivity contribution in [2.24, 2.45) is 17.3 Å². The number of fused-ring (bicyclic) bond motifs is 1. The Kier molecular flexibility index (Phi) is 4.55. The average Bonchev–Trinajstić information content (AvgIpc) is 3.19. The first-order chi connectivity index (χ1) is 13.1. The first kappa shape index (κ1) is 17.5. The first-order valence-corrected chi connectivity index (χ1v) is 9.34. The highest BCUT2D eigenvalue weighted by Crippen LogP contribution is 2.27. The monoisotopic (exact) mass is 398 g/mol. The fourth-order valence-electron chi connectivity index (χ4n) is 2.80. The van der Waals surface area contributed by atoms with Gasteiger partial charge in [0.05, 0.1) is 18.5 Å². The van der Waals surface area contributed by atoms with Crippen LogP contribution >= 0.6 is 22.9 Å². The van der Waals surface area contributed by atoms with Crippen molar-refractivity contribution < 1.29 is 9.53 Å². The number of hydrogen-bond donors (Lipinski definition) is 1. The van der Waals surface area contributed by atoms with E-state index in [4.69, 9.17) is 16.3 Å². The molecule has 2 aromatic carbocycles. The molecule has 0 saturated heterocycles. The van der Waals surface area contributed by atoms with Gasteiger partial charge in [0.1, 0.15) is 5.75 Å². The van der Waals surface area contributed by atoms with Gasteiger partial charge in [0, 0.05) is 23.0 Å². The molecule has 0 bridgehead atoms. The van der Waals surface area contributed by atoms with Gasteiger partial charge in [-0.25, -0.2) is 0 Å². The topological polar surface area (TPSA) is 68.0 Å². The number of nitrogens with zero attached hydrogens (tertiary/aromatic N) is 3. The summed E-state index contributed by atoms with van der Waals surface area (Å²) in [5.41, 5.74) is 3.64. The molecule has 2 heterocycles. The van der Waals surface area contributed by atoms with Crippen LogP contribution in [0.2, 0.25) is 5.02 Å². The maximum Gasteiger partial charge on any atom is 0.276 e. The lowest BCUT2D eigenvalue weighted by Crippen LogP contribution is -2.15. The Hall–Kier alpha value is -2.90. The number of carbonyl (C=O) groups excluding carboxylic acids is 1. The largest absolute Gasteiger partial charge is 0.497 e. The van der Waals surface area contributed by atoms with Crippen molar-refractivity contribution >= 4 is 40.2 Å². The van der Waals surface area contributed by atoms with Crippen LogP contribution in [0.4, 0.5) is 5.69 Å². The summed E-state index contributed by atoms with van der Waals surface area (Å²) in [6.45, 7) is 0. The van der Waals surface area contributed by atoms with E-state index in [1.54, 1.807) is 25.3 Å². The van der Waals surface area contributed by atoms with Crippen LogP contribution in [0.15, 0.2) is 58.0 Å². The third kappa shape index (κ3) is 3.27. The van der Waals surface area contributed by atoms with Crippen LogP contribution in [0.25, 0.3) is 11.3 Å². The van der Waals surface area contributed by atoms with Gasteiger partial charge in [0.25, 0.3) is 5.91 Å². The number of benzene rings is 2. The van der Waals surface area contributed by atoms with Crippen molar-refractivity contribution in [3.05, 3.63) is 63.2 Å². The standard InChI is InChI=1S/C19H15ClN4O2S/c1-24-16(11-3-6-13(26-2)7-4-11)10-27-19(24)23-22-17-14-9-12(20)5-8-15(14)21-18(17)25/h3-10H,1-2H3,(H,21,22,25)/b23-19-. The Morgan fingerprint density at radius 2 is 1.93 bits per heavy atom. The molecule has 1 N–H and O–H groups in total. The van der Waals surface area contributed by atoms with Crippen LogP contribution in [0, 0.1) is 0 Å². The van der Waals surface area contributed by atoms with Gasteiger partial charge in [0.2, 0.25) is 4.80 Å². The van der Waals surface area contributed by atoms with Crippen molar-refractivity contribution in [3.8, 4) is 17.0 Å². The van der Waals surface area contributed by atoms with E-state index in [1.807, 2.05) is 41.3 Å². The normalized spacial score (nSPS) is 15.1.